The van der Waals surface area contributed by atoms with Crippen LogP contribution in [-0.4, -0.2) is 43.8 Å². The highest BCUT2D eigenvalue weighted by Crippen LogP contribution is 2.56. The number of methoxy groups -OCH3 is 1. The molecule has 1 aromatic carbocycles. The lowest BCUT2D eigenvalue weighted by Crippen LogP contribution is -2.80. The van der Waals surface area contributed by atoms with Gasteiger partial charge in [0.1, 0.15) is 46.8 Å². The van der Waals surface area contributed by atoms with Crippen molar-refractivity contribution in [2.75, 3.05) is 20.3 Å². The number of carbonyl (C=O) groups excluding carboxylic acids is 2. The zero-order valence-corrected chi connectivity index (χ0v) is 25.2. The summed E-state index contributed by atoms with van der Waals surface area (Å²) in [5.41, 5.74) is 6.09. The fourth-order valence-corrected chi connectivity index (χ4v) is 6.13. The van der Waals surface area contributed by atoms with E-state index in [9.17, 15) is 9.59 Å². The van der Waals surface area contributed by atoms with Crippen LogP contribution in [0.2, 0.25) is 5.02 Å². The number of rotatable bonds is 9. The van der Waals surface area contributed by atoms with E-state index in [1.807, 2.05) is 19.2 Å². The van der Waals surface area contributed by atoms with E-state index < -0.39 is 28.1 Å². The molecule has 11 heteroatoms. The molecule has 9 nitrogen and oxygen atoms in total. The normalized spacial score (nSPS) is 28.3. The van der Waals surface area contributed by atoms with Crippen molar-refractivity contribution in [1.29, 1.82) is 5.41 Å². The molecule has 2 saturated carbocycles. The first-order valence-corrected chi connectivity index (χ1v) is 14.8. The zero-order chi connectivity index (χ0) is 30.7. The molecular formula is C32H36ClFN5O4+. The predicted molar refractivity (Wildman–Crippen MR) is 159 cm³/mol. The fourth-order valence-electron chi connectivity index (χ4n) is 5.97. The van der Waals surface area contributed by atoms with Crippen LogP contribution in [0.5, 0.6) is 0 Å². The molecule has 0 radical (unpaired) electrons. The third-order valence-electron chi connectivity index (χ3n) is 9.28. The lowest BCUT2D eigenvalue weighted by Gasteiger charge is -2.40. The summed E-state index contributed by atoms with van der Waals surface area (Å²) in [6, 6.07) is 5.01. The van der Waals surface area contributed by atoms with E-state index >= 15 is 4.39 Å². The highest BCUT2D eigenvalue weighted by molar-refractivity contribution is 6.30. The minimum Gasteiger partial charge on any atom is -0.494 e. The second-order valence-corrected chi connectivity index (χ2v) is 12.9. The van der Waals surface area contributed by atoms with E-state index in [1.54, 1.807) is 31.2 Å². The van der Waals surface area contributed by atoms with Crippen LogP contribution in [0.25, 0.3) is 0 Å². The van der Waals surface area contributed by atoms with E-state index in [1.165, 1.54) is 13.2 Å². The number of nitrogens with one attached hydrogen (secondary N) is 3. The minimum atomic E-state index is -1.15. The Bertz CT molecular complexity index is 1600. The number of quaternary nitrogens is 1. The van der Waals surface area contributed by atoms with Crippen LogP contribution in [0.1, 0.15) is 45.1 Å². The number of hydrogen-bond donors (Lipinski definition) is 5. The quantitative estimate of drug-likeness (QED) is 0.293. The number of allylic oxidation sites excluding steroid dienone is 3. The summed E-state index contributed by atoms with van der Waals surface area (Å²) in [7, 11) is 1.49. The summed E-state index contributed by atoms with van der Waals surface area (Å²) >= 11 is 6.07. The molecule has 2 fully saturated rings. The van der Waals surface area contributed by atoms with Gasteiger partial charge in [0.05, 0.1) is 18.7 Å². The molecule has 7 N–H and O–H groups in total. The highest BCUT2D eigenvalue weighted by Gasteiger charge is 2.56. The molecule has 2 atom stereocenters. The number of dihydropyridines is 1. The molecule has 0 aromatic heterocycles. The van der Waals surface area contributed by atoms with Crippen molar-refractivity contribution in [1.82, 2.24) is 10.6 Å². The molecule has 226 valence electrons. The monoisotopic (exact) mass is 608 g/mol. The molecule has 2 heterocycles. The van der Waals surface area contributed by atoms with Crippen LogP contribution < -0.4 is 21.7 Å². The third-order valence-corrected chi connectivity index (χ3v) is 9.52. The Kier molecular flexibility index (Phi) is 7.05. The first-order chi connectivity index (χ1) is 20.4. The molecule has 2 aliphatic heterocycles. The highest BCUT2D eigenvalue weighted by atomic mass is 35.5. The molecule has 3 aliphatic carbocycles. The van der Waals surface area contributed by atoms with Crippen molar-refractivity contribution in [3.8, 4) is 0 Å². The van der Waals surface area contributed by atoms with Crippen molar-refractivity contribution in [2.24, 2.45) is 16.6 Å². The van der Waals surface area contributed by atoms with E-state index in [0.717, 1.165) is 31.4 Å². The summed E-state index contributed by atoms with van der Waals surface area (Å²) in [5, 5.41) is 17.4. The van der Waals surface area contributed by atoms with Crippen LogP contribution in [0.3, 0.4) is 0 Å². The molecule has 6 rings (SSSR count). The van der Waals surface area contributed by atoms with Crippen LogP contribution in [0, 0.1) is 22.1 Å². The first kappa shape index (κ1) is 29.2. The maximum Gasteiger partial charge on any atom is 0.251 e. The van der Waals surface area contributed by atoms with Gasteiger partial charge in [0.2, 0.25) is 5.91 Å². The topological polar surface area (TPSA) is 143 Å². The van der Waals surface area contributed by atoms with E-state index in [0.29, 0.717) is 46.4 Å². The molecule has 0 bridgehead atoms. The van der Waals surface area contributed by atoms with E-state index in [2.05, 4.69) is 16.0 Å². The van der Waals surface area contributed by atoms with Crippen LogP contribution in [0.15, 0.2) is 76.6 Å². The Morgan fingerprint density at radius 2 is 2.02 bits per heavy atom. The van der Waals surface area contributed by atoms with Crippen molar-refractivity contribution in [3.05, 3.63) is 93.0 Å². The number of primary amides is 1. The summed E-state index contributed by atoms with van der Waals surface area (Å²) in [6.45, 7) is 3.89. The van der Waals surface area contributed by atoms with E-state index in [-0.39, 0.29) is 23.2 Å². The van der Waals surface area contributed by atoms with Crippen molar-refractivity contribution in [3.63, 3.8) is 0 Å². The van der Waals surface area contributed by atoms with Gasteiger partial charge in [-0.05, 0) is 57.0 Å². The number of amides is 2. The van der Waals surface area contributed by atoms with Gasteiger partial charge in [-0.3, -0.25) is 15.0 Å². The lowest BCUT2D eigenvalue weighted by atomic mass is 9.75. The molecule has 43 heavy (non-hydrogen) atoms. The third kappa shape index (κ3) is 5.06. The Balaban J connectivity index is 1.29. The molecule has 1 aromatic rings. The van der Waals surface area contributed by atoms with Crippen LogP contribution in [0.4, 0.5) is 4.39 Å². The summed E-state index contributed by atoms with van der Waals surface area (Å²) in [5.74, 6) is -0.575. The Morgan fingerprint density at radius 3 is 2.65 bits per heavy atom. The second-order valence-electron chi connectivity index (χ2n) is 12.5. The Hall–Kier alpha value is -3.89. The predicted octanol–water partition coefficient (Wildman–Crippen LogP) is 2.95. The number of benzene rings is 1. The van der Waals surface area contributed by atoms with Gasteiger partial charge in [-0.2, -0.15) is 0 Å². The van der Waals surface area contributed by atoms with Crippen LogP contribution >= 0.6 is 11.6 Å². The number of ether oxygens (including phenoxy) is 2. The van der Waals surface area contributed by atoms with Gasteiger partial charge in [0, 0.05) is 52.2 Å². The first-order valence-electron chi connectivity index (χ1n) is 14.4. The number of halogens is 2. The molecule has 0 saturated heterocycles. The molecule has 5 aliphatic rings. The maximum atomic E-state index is 15.4. The molecule has 2 amide bonds. The van der Waals surface area contributed by atoms with E-state index in [4.69, 9.17) is 32.2 Å². The average Bonchev–Trinajstić information content (AvgIpc) is 3.90. The van der Waals surface area contributed by atoms with Gasteiger partial charge < -0.3 is 31.2 Å². The minimum absolute atomic E-state index is 0.0400. The number of carbonyl (C=O) groups is 2. The Labute approximate surface area is 254 Å². The average molecular weight is 609 g/mol. The van der Waals surface area contributed by atoms with Gasteiger partial charge in [-0.15, -0.1) is 0 Å². The van der Waals surface area contributed by atoms with Gasteiger partial charge >= 0.3 is 0 Å². The lowest BCUT2D eigenvalue weighted by molar-refractivity contribution is -0.602. The molecule has 0 spiro atoms. The number of nitrogens with two attached hydrogens (primary N) is 2. The largest absolute Gasteiger partial charge is 0.494 e. The van der Waals surface area contributed by atoms with Gasteiger partial charge in [0.15, 0.2) is 0 Å². The standard InChI is InChI=1S/C32H35ClFN5O4/c1-30(29(36)41)16-43-27-22(30)13-25(39-31(27,2)21-7-4-19(33)12-23(21)34)32(8-9-32)15-38-28(40)17-10-18(14-37-20-5-6-20)26(35)24(11-17)42-3/h4,7,10-14,20,35,37,39H,5-6,8-9,15-16H2,1-3H3,(H2,36,41)(H,38,40)/p+1/b18-14-,35-26?/t30-,31?/m0/s1. The number of hydrogen-bond acceptors (Lipinski definition) is 6. The SMILES string of the molecule is COC1=CC(C(=O)NCC2(C3=CC4=C(OC[C@]4(C)C(N)=O)C(C)(c4ccc(Cl)cc4F)N3)CC2)=C/C(=C/[NH2+]C2CC2)C1=N. The Morgan fingerprint density at radius 1 is 1.28 bits per heavy atom. The summed E-state index contributed by atoms with van der Waals surface area (Å²) in [4.78, 5) is 26.1. The van der Waals surface area contributed by atoms with Gasteiger partial charge in [-0.25, -0.2) is 4.39 Å². The summed E-state index contributed by atoms with van der Waals surface area (Å²) < 4.78 is 26.9. The second kappa shape index (κ2) is 10.4. The smallest absolute Gasteiger partial charge is 0.251 e. The zero-order valence-electron chi connectivity index (χ0n) is 24.4. The summed E-state index contributed by atoms with van der Waals surface area (Å²) in [6.07, 6.45) is 10.9. The van der Waals surface area contributed by atoms with Gasteiger partial charge in [-0.1, -0.05) is 17.7 Å². The van der Waals surface area contributed by atoms with Crippen molar-refractivity contribution in [2.45, 2.75) is 51.1 Å². The van der Waals surface area contributed by atoms with Crippen LogP contribution in [-0.2, 0) is 24.6 Å². The maximum absolute atomic E-state index is 15.4. The van der Waals surface area contributed by atoms with Crippen molar-refractivity contribution >= 4 is 29.1 Å². The van der Waals surface area contributed by atoms with Gasteiger partial charge in [0.25, 0.3) is 5.91 Å². The molecule has 1 unspecified atom stereocenters. The fraction of sp³-hybridized carbons (Fsp3) is 0.406. The van der Waals surface area contributed by atoms with Crippen molar-refractivity contribution < 1.29 is 28.8 Å². The molecular weight excluding hydrogens is 573 g/mol.